The lowest BCUT2D eigenvalue weighted by atomic mass is 10.1. The highest BCUT2D eigenvalue weighted by atomic mass is 16.5. The highest BCUT2D eigenvalue weighted by molar-refractivity contribution is 6.01. The molecular formula is C23H40N10O9. The van der Waals surface area contributed by atoms with Crippen LogP contribution in [-0.4, -0.2) is 120 Å². The molecule has 0 saturated carbocycles. The predicted molar refractivity (Wildman–Crippen MR) is 146 cm³/mol. The standard InChI is InChI=1S/C23H40N10O9/c1-5-16(35)27-11-20(39)33(14(3)34)13(2)21(40)29-9-17(36)28-10-19(38)32(4)12-18(37)30-15(22(41)31-42)7-6-8-26-23(24)25/h13,15,42H,5-12H2,1-4H3,(H,27,35)(H,28,36)(H,29,40)(H,30,37)(H,31,41)(H4,24,25,26). The average Bonchev–Trinajstić information content (AvgIpc) is 2.93. The molecule has 0 rings (SSSR count). The predicted octanol–water partition coefficient (Wildman–Crippen LogP) is -4.99. The van der Waals surface area contributed by atoms with Gasteiger partial charge in [0.05, 0.1) is 26.2 Å². The smallest absolute Gasteiger partial charge is 0.265 e. The van der Waals surface area contributed by atoms with Gasteiger partial charge in [-0.25, -0.2) is 5.48 Å². The normalized spacial score (nSPS) is 11.5. The van der Waals surface area contributed by atoms with Gasteiger partial charge in [-0.2, -0.15) is 0 Å². The van der Waals surface area contributed by atoms with E-state index in [9.17, 15) is 38.4 Å². The molecule has 8 amide bonds. The summed E-state index contributed by atoms with van der Waals surface area (Å²) in [5.41, 5.74) is 11.9. The van der Waals surface area contributed by atoms with E-state index in [4.69, 9.17) is 16.7 Å². The number of amides is 8. The van der Waals surface area contributed by atoms with E-state index in [1.807, 2.05) is 0 Å². The zero-order valence-electron chi connectivity index (χ0n) is 24.0. The van der Waals surface area contributed by atoms with Gasteiger partial charge in [0.2, 0.25) is 41.4 Å². The lowest BCUT2D eigenvalue weighted by Gasteiger charge is -2.25. The SMILES string of the molecule is CCC(=O)NCC(=O)N(C(C)=O)C(C)C(=O)NCC(=O)NCC(=O)N(C)CC(=O)NC(CCCN=C(N)N)C(=O)NO. The van der Waals surface area contributed by atoms with Crippen molar-refractivity contribution in [3.05, 3.63) is 0 Å². The second kappa shape index (κ2) is 19.3. The van der Waals surface area contributed by atoms with Crippen molar-refractivity contribution in [1.82, 2.24) is 36.5 Å². The number of hydrogen-bond donors (Lipinski definition) is 8. The fraction of sp³-hybridized carbons (Fsp3) is 0.609. The molecule has 19 nitrogen and oxygen atoms in total. The van der Waals surface area contributed by atoms with Crippen molar-refractivity contribution in [1.29, 1.82) is 0 Å². The minimum absolute atomic E-state index is 0.0841. The Hall–Kier alpha value is -4.81. The Labute approximate surface area is 242 Å². The van der Waals surface area contributed by atoms with Crippen LogP contribution in [0.25, 0.3) is 0 Å². The number of nitrogens with one attached hydrogen (secondary N) is 5. The molecule has 0 aliphatic carbocycles. The molecule has 236 valence electrons. The molecule has 2 atom stereocenters. The topological polar surface area (TPSA) is 288 Å². The number of guanidine groups is 1. The summed E-state index contributed by atoms with van der Waals surface area (Å²) in [6.45, 7) is 1.96. The van der Waals surface area contributed by atoms with Gasteiger partial charge in [-0.3, -0.25) is 53.5 Å². The van der Waals surface area contributed by atoms with Gasteiger partial charge in [-0.05, 0) is 19.8 Å². The molecule has 2 unspecified atom stereocenters. The summed E-state index contributed by atoms with van der Waals surface area (Å²) in [4.78, 5) is 102. The van der Waals surface area contributed by atoms with Crippen LogP contribution < -0.4 is 38.2 Å². The molecule has 10 N–H and O–H groups in total. The molecule has 0 aromatic heterocycles. The fourth-order valence-corrected chi connectivity index (χ4v) is 3.25. The molecule has 0 bridgehead atoms. The second-order valence-electron chi connectivity index (χ2n) is 8.88. The fourth-order valence-electron chi connectivity index (χ4n) is 3.25. The van der Waals surface area contributed by atoms with Crippen LogP contribution in [0, 0.1) is 0 Å². The highest BCUT2D eigenvalue weighted by Gasteiger charge is 2.29. The maximum absolute atomic E-state index is 12.4. The second-order valence-corrected chi connectivity index (χ2v) is 8.88. The van der Waals surface area contributed by atoms with Gasteiger partial charge in [-0.1, -0.05) is 6.92 Å². The van der Waals surface area contributed by atoms with Crippen LogP contribution in [0.2, 0.25) is 0 Å². The van der Waals surface area contributed by atoms with E-state index in [1.165, 1.54) is 19.5 Å². The minimum Gasteiger partial charge on any atom is -0.370 e. The summed E-state index contributed by atoms with van der Waals surface area (Å²) in [5, 5.41) is 18.1. The molecular weight excluding hydrogens is 560 g/mol. The molecule has 0 fully saturated rings. The molecule has 0 aliphatic heterocycles. The third-order valence-corrected chi connectivity index (χ3v) is 5.51. The number of rotatable bonds is 17. The summed E-state index contributed by atoms with van der Waals surface area (Å²) < 4.78 is 0. The van der Waals surface area contributed by atoms with Crippen LogP contribution >= 0.6 is 0 Å². The molecule has 0 aromatic carbocycles. The minimum atomic E-state index is -1.30. The number of aliphatic imine (C=N–C) groups is 1. The Morgan fingerprint density at radius 1 is 0.857 bits per heavy atom. The van der Waals surface area contributed by atoms with Crippen LogP contribution in [0.3, 0.4) is 0 Å². The molecule has 42 heavy (non-hydrogen) atoms. The van der Waals surface area contributed by atoms with Gasteiger partial charge in [0.15, 0.2) is 5.96 Å². The Morgan fingerprint density at radius 2 is 1.45 bits per heavy atom. The number of nitrogens with two attached hydrogens (primary N) is 2. The van der Waals surface area contributed by atoms with E-state index >= 15 is 0 Å². The van der Waals surface area contributed by atoms with Crippen LogP contribution in [-0.2, 0) is 38.4 Å². The zero-order chi connectivity index (χ0) is 32.4. The number of likely N-dealkylation sites (N-methyl/N-ethyl adjacent to an activating group) is 1. The maximum atomic E-state index is 12.4. The number of carbonyl (C=O) groups excluding carboxylic acids is 8. The van der Waals surface area contributed by atoms with E-state index in [0.29, 0.717) is 11.3 Å². The maximum Gasteiger partial charge on any atom is 0.265 e. The Kier molecular flexibility index (Phi) is 17.1. The van der Waals surface area contributed by atoms with Gasteiger partial charge >= 0.3 is 0 Å². The van der Waals surface area contributed by atoms with Crippen molar-refractivity contribution in [3.63, 3.8) is 0 Å². The summed E-state index contributed by atoms with van der Waals surface area (Å²) in [6.07, 6.45) is 0.504. The van der Waals surface area contributed by atoms with E-state index in [2.05, 4.69) is 26.3 Å². The van der Waals surface area contributed by atoms with E-state index in [1.54, 1.807) is 6.92 Å². The Morgan fingerprint density at radius 3 is 2.00 bits per heavy atom. The number of carbonyl (C=O) groups is 8. The van der Waals surface area contributed by atoms with Crippen molar-refractivity contribution in [2.75, 3.05) is 39.8 Å². The monoisotopic (exact) mass is 600 g/mol. The van der Waals surface area contributed by atoms with Gasteiger partial charge in [0, 0.05) is 26.9 Å². The van der Waals surface area contributed by atoms with Crippen molar-refractivity contribution >= 4 is 53.2 Å². The van der Waals surface area contributed by atoms with Crippen molar-refractivity contribution in [2.45, 2.75) is 52.1 Å². The van der Waals surface area contributed by atoms with Crippen molar-refractivity contribution < 1.29 is 43.6 Å². The lowest BCUT2D eigenvalue weighted by Crippen LogP contribution is -2.54. The van der Waals surface area contributed by atoms with E-state index < -0.39 is 85.5 Å². The van der Waals surface area contributed by atoms with Gasteiger partial charge in [0.1, 0.15) is 12.1 Å². The van der Waals surface area contributed by atoms with Gasteiger partial charge in [-0.15, -0.1) is 0 Å². The first-order chi connectivity index (χ1) is 19.6. The third kappa shape index (κ3) is 14.5. The van der Waals surface area contributed by atoms with E-state index in [-0.39, 0.29) is 25.3 Å². The first-order valence-electron chi connectivity index (χ1n) is 12.8. The van der Waals surface area contributed by atoms with Crippen molar-refractivity contribution in [3.8, 4) is 0 Å². The first-order valence-corrected chi connectivity index (χ1v) is 12.8. The number of hydroxylamine groups is 1. The summed E-state index contributed by atoms with van der Waals surface area (Å²) in [6, 6.07) is -2.42. The van der Waals surface area contributed by atoms with E-state index in [0.717, 1.165) is 11.8 Å². The number of imide groups is 1. The molecule has 0 heterocycles. The molecule has 0 saturated heterocycles. The van der Waals surface area contributed by atoms with Crippen LogP contribution in [0.1, 0.15) is 40.0 Å². The van der Waals surface area contributed by atoms with Crippen LogP contribution in [0.15, 0.2) is 4.99 Å². The Bertz CT molecular complexity index is 1050. The summed E-state index contributed by atoms with van der Waals surface area (Å²) in [5.74, 6) is -6.04. The molecule has 0 radical (unpaired) electrons. The van der Waals surface area contributed by atoms with Gasteiger partial charge in [0.25, 0.3) is 5.91 Å². The van der Waals surface area contributed by atoms with Crippen molar-refractivity contribution in [2.24, 2.45) is 16.5 Å². The molecule has 0 aromatic rings. The number of nitrogens with zero attached hydrogens (tertiary/aromatic N) is 3. The molecule has 0 spiro atoms. The van der Waals surface area contributed by atoms with Crippen LogP contribution in [0.4, 0.5) is 0 Å². The summed E-state index contributed by atoms with van der Waals surface area (Å²) in [7, 11) is 1.27. The Balaban J connectivity index is 4.75. The van der Waals surface area contributed by atoms with Gasteiger partial charge < -0.3 is 37.6 Å². The third-order valence-electron chi connectivity index (χ3n) is 5.51. The van der Waals surface area contributed by atoms with Crippen LogP contribution in [0.5, 0.6) is 0 Å². The molecule has 0 aliphatic rings. The highest BCUT2D eigenvalue weighted by Crippen LogP contribution is 2.02. The average molecular weight is 601 g/mol. The lowest BCUT2D eigenvalue weighted by molar-refractivity contribution is -0.150. The largest absolute Gasteiger partial charge is 0.370 e. The summed E-state index contributed by atoms with van der Waals surface area (Å²) >= 11 is 0. The molecule has 19 heteroatoms. The quantitative estimate of drug-likeness (QED) is 0.0257. The number of hydrogen-bond acceptors (Lipinski definition) is 10. The first kappa shape index (κ1) is 37.2. The zero-order valence-corrected chi connectivity index (χ0v) is 24.0.